The molecule has 10 heteroatoms. The molecule has 158 valence electrons. The molecule has 0 radical (unpaired) electrons. The Morgan fingerprint density at radius 2 is 1.52 bits per heavy atom. The first-order chi connectivity index (χ1) is 13.4. The molecule has 2 aromatic carbocycles. The summed E-state index contributed by atoms with van der Waals surface area (Å²) in [7, 11) is -5.73. The molecule has 1 amide bonds. The van der Waals surface area contributed by atoms with Crippen molar-refractivity contribution in [3.05, 3.63) is 54.1 Å². The Morgan fingerprint density at radius 3 is 2.00 bits per heavy atom. The van der Waals surface area contributed by atoms with Gasteiger partial charge in [-0.1, -0.05) is 12.1 Å². The number of thioether (sulfide) groups is 1. The van der Waals surface area contributed by atoms with E-state index in [0.717, 1.165) is 15.5 Å². The molecular formula is C19H24N2O5S3. The second-order valence-electron chi connectivity index (χ2n) is 6.57. The highest BCUT2D eigenvalue weighted by Crippen LogP contribution is 2.20. The fourth-order valence-electron chi connectivity index (χ4n) is 2.59. The maximum absolute atomic E-state index is 12.6. The number of amides is 1. The number of carbonyl (C=O) groups is 1. The van der Waals surface area contributed by atoms with E-state index in [9.17, 15) is 21.6 Å². The third-order valence-corrected chi connectivity index (χ3v) is 8.01. The van der Waals surface area contributed by atoms with E-state index in [-0.39, 0.29) is 16.3 Å². The number of benzene rings is 2. The Kier molecular flexibility index (Phi) is 7.50. The third-order valence-electron chi connectivity index (χ3n) is 4.32. The highest BCUT2D eigenvalue weighted by Gasteiger charge is 2.23. The van der Waals surface area contributed by atoms with Crippen molar-refractivity contribution in [1.82, 2.24) is 9.62 Å². The molecule has 29 heavy (non-hydrogen) atoms. The van der Waals surface area contributed by atoms with Crippen molar-refractivity contribution in [3.63, 3.8) is 0 Å². The fourth-order valence-corrected chi connectivity index (χ4v) is 4.75. The minimum absolute atomic E-state index is 0.120. The highest BCUT2D eigenvalue weighted by molar-refractivity contribution is 7.98. The number of hydrogen-bond acceptors (Lipinski definition) is 6. The first-order valence-electron chi connectivity index (χ1n) is 8.65. The van der Waals surface area contributed by atoms with Crippen LogP contribution in [0.4, 0.5) is 0 Å². The molecule has 0 unspecified atom stereocenters. The van der Waals surface area contributed by atoms with Gasteiger partial charge in [-0.15, -0.1) is 11.8 Å². The lowest BCUT2D eigenvalue weighted by molar-refractivity contribution is -0.121. The van der Waals surface area contributed by atoms with Crippen LogP contribution in [0.15, 0.2) is 63.2 Å². The Balaban J connectivity index is 2.03. The average Bonchev–Trinajstić information content (AvgIpc) is 2.67. The summed E-state index contributed by atoms with van der Waals surface area (Å²) in [6.07, 6.45) is 3.02. The Bertz CT molecular complexity index is 1060. The fraction of sp³-hybridized carbons (Fsp3) is 0.316. The van der Waals surface area contributed by atoms with Crippen molar-refractivity contribution in [2.75, 3.05) is 26.1 Å². The zero-order chi connectivity index (χ0) is 21.8. The molecule has 0 bridgehead atoms. The maximum Gasteiger partial charge on any atom is 0.243 e. The van der Waals surface area contributed by atoms with Crippen molar-refractivity contribution in [3.8, 4) is 0 Å². The van der Waals surface area contributed by atoms with Crippen LogP contribution >= 0.6 is 11.8 Å². The molecule has 1 N–H and O–H groups in total. The van der Waals surface area contributed by atoms with Crippen molar-refractivity contribution < 1.29 is 21.6 Å². The number of rotatable bonds is 8. The van der Waals surface area contributed by atoms with Crippen molar-refractivity contribution >= 4 is 37.5 Å². The van der Waals surface area contributed by atoms with E-state index in [1.54, 1.807) is 31.2 Å². The van der Waals surface area contributed by atoms with E-state index in [4.69, 9.17) is 0 Å². The smallest absolute Gasteiger partial charge is 0.243 e. The van der Waals surface area contributed by atoms with E-state index in [2.05, 4.69) is 5.32 Å². The largest absolute Gasteiger partial charge is 0.348 e. The van der Waals surface area contributed by atoms with Gasteiger partial charge in [-0.3, -0.25) is 4.79 Å². The van der Waals surface area contributed by atoms with Gasteiger partial charge in [0.15, 0.2) is 9.84 Å². The first kappa shape index (κ1) is 23.4. The predicted octanol–water partition coefficient (Wildman–Crippen LogP) is 2.31. The van der Waals surface area contributed by atoms with Gasteiger partial charge in [0.1, 0.15) is 0 Å². The summed E-state index contributed by atoms with van der Waals surface area (Å²) in [5.74, 6) is -0.462. The Morgan fingerprint density at radius 1 is 1.00 bits per heavy atom. The molecule has 0 aromatic heterocycles. The Labute approximate surface area is 176 Å². The van der Waals surface area contributed by atoms with Crippen LogP contribution < -0.4 is 5.32 Å². The molecule has 0 spiro atoms. The lowest BCUT2D eigenvalue weighted by atomic mass is 10.1. The molecule has 1 atom stereocenters. The van der Waals surface area contributed by atoms with Gasteiger partial charge < -0.3 is 5.32 Å². The second-order valence-corrected chi connectivity index (χ2v) is 11.5. The summed E-state index contributed by atoms with van der Waals surface area (Å²) in [5, 5.41) is 2.73. The van der Waals surface area contributed by atoms with Gasteiger partial charge in [0.05, 0.1) is 22.4 Å². The quantitative estimate of drug-likeness (QED) is 0.612. The van der Waals surface area contributed by atoms with Crippen LogP contribution in [0.1, 0.15) is 18.5 Å². The normalized spacial score (nSPS) is 13.3. The van der Waals surface area contributed by atoms with Gasteiger partial charge in [-0.25, -0.2) is 16.8 Å². The number of nitrogens with zero attached hydrogens (tertiary/aromatic N) is 1. The van der Waals surface area contributed by atoms with Gasteiger partial charge in [0.2, 0.25) is 15.9 Å². The van der Waals surface area contributed by atoms with Gasteiger partial charge in [0, 0.05) is 18.2 Å². The van der Waals surface area contributed by atoms with E-state index in [1.165, 1.54) is 43.1 Å². The van der Waals surface area contributed by atoms with Crippen LogP contribution in [0.3, 0.4) is 0 Å². The molecular weight excluding hydrogens is 432 g/mol. The van der Waals surface area contributed by atoms with Crippen LogP contribution in [0, 0.1) is 0 Å². The van der Waals surface area contributed by atoms with Crippen molar-refractivity contribution in [2.24, 2.45) is 0 Å². The summed E-state index contributed by atoms with van der Waals surface area (Å²) >= 11 is 1.51. The molecule has 0 fully saturated rings. The van der Waals surface area contributed by atoms with Crippen molar-refractivity contribution in [1.29, 1.82) is 0 Å². The maximum atomic E-state index is 12.6. The molecule has 2 rings (SSSR count). The molecule has 0 aliphatic rings. The summed E-state index contributed by atoms with van der Waals surface area (Å²) in [5.41, 5.74) is 0.712. The lowest BCUT2D eigenvalue weighted by Gasteiger charge is -2.19. The number of sulfonamides is 1. The summed E-state index contributed by atoms with van der Waals surface area (Å²) in [6.45, 7) is 1.40. The van der Waals surface area contributed by atoms with E-state index >= 15 is 0 Å². The number of likely N-dealkylation sites (N-methyl/N-ethyl adjacent to an activating group) is 1. The SMILES string of the molecule is CSc1ccc(S(=O)(=O)N(C)CC(=O)N[C@@H](C)c2ccc(S(C)(=O)=O)cc2)cc1. The van der Waals surface area contributed by atoms with Gasteiger partial charge in [0.25, 0.3) is 0 Å². The monoisotopic (exact) mass is 456 g/mol. The topological polar surface area (TPSA) is 101 Å². The zero-order valence-corrected chi connectivity index (χ0v) is 19.1. The summed E-state index contributed by atoms with van der Waals surface area (Å²) in [6, 6.07) is 12.2. The average molecular weight is 457 g/mol. The molecule has 0 saturated carbocycles. The molecule has 0 aliphatic heterocycles. The van der Waals surface area contributed by atoms with Crippen LogP contribution in [-0.4, -0.2) is 53.2 Å². The van der Waals surface area contributed by atoms with E-state index in [0.29, 0.717) is 5.56 Å². The minimum Gasteiger partial charge on any atom is -0.348 e. The second kappa shape index (κ2) is 9.29. The van der Waals surface area contributed by atoms with Crippen LogP contribution in [-0.2, 0) is 24.7 Å². The number of sulfone groups is 1. The highest BCUT2D eigenvalue weighted by atomic mass is 32.2. The van der Waals surface area contributed by atoms with Crippen LogP contribution in [0.25, 0.3) is 0 Å². The Hall–Kier alpha value is -1.88. The standard InChI is InChI=1S/C19H24N2O5S3/c1-14(15-5-9-17(10-6-15)28(4,23)24)20-19(22)13-21(2)29(25,26)18-11-7-16(27-3)8-12-18/h5-12,14H,13H2,1-4H3,(H,20,22)/t14-/m0/s1. The molecule has 7 nitrogen and oxygen atoms in total. The molecule has 0 saturated heterocycles. The first-order valence-corrected chi connectivity index (χ1v) is 13.2. The van der Waals surface area contributed by atoms with Gasteiger partial charge >= 0.3 is 0 Å². The zero-order valence-electron chi connectivity index (χ0n) is 16.6. The minimum atomic E-state index is -3.78. The summed E-state index contributed by atoms with van der Waals surface area (Å²) < 4.78 is 49.3. The van der Waals surface area contributed by atoms with E-state index < -0.39 is 31.8 Å². The molecule has 2 aromatic rings. The van der Waals surface area contributed by atoms with Crippen LogP contribution in [0.2, 0.25) is 0 Å². The van der Waals surface area contributed by atoms with Gasteiger partial charge in [-0.2, -0.15) is 4.31 Å². The molecule has 0 aliphatic carbocycles. The van der Waals surface area contributed by atoms with Gasteiger partial charge in [-0.05, 0) is 55.1 Å². The number of nitrogens with one attached hydrogen (secondary N) is 1. The summed E-state index contributed by atoms with van der Waals surface area (Å²) in [4.78, 5) is 13.6. The molecule has 0 heterocycles. The number of carbonyl (C=O) groups excluding carboxylic acids is 1. The van der Waals surface area contributed by atoms with E-state index in [1.807, 2.05) is 6.26 Å². The lowest BCUT2D eigenvalue weighted by Crippen LogP contribution is -2.39. The van der Waals surface area contributed by atoms with Crippen molar-refractivity contribution in [2.45, 2.75) is 27.7 Å². The third kappa shape index (κ3) is 6.05. The predicted molar refractivity (Wildman–Crippen MR) is 114 cm³/mol. The van der Waals surface area contributed by atoms with Crippen LogP contribution in [0.5, 0.6) is 0 Å². The number of hydrogen-bond donors (Lipinski definition) is 1.